The Labute approximate surface area is 220 Å². The molecule has 0 unspecified atom stereocenters. The van der Waals surface area contributed by atoms with E-state index in [0.29, 0.717) is 41.1 Å². The highest BCUT2D eigenvalue weighted by Crippen LogP contribution is 2.48. The van der Waals surface area contributed by atoms with Crippen molar-refractivity contribution in [3.63, 3.8) is 0 Å². The molecule has 202 valence electrons. The quantitative estimate of drug-likeness (QED) is 0.339. The predicted molar refractivity (Wildman–Crippen MR) is 142 cm³/mol. The van der Waals surface area contributed by atoms with Crippen LogP contribution in [0.1, 0.15) is 82.0 Å². The maximum absolute atomic E-state index is 15.5. The zero-order valence-corrected chi connectivity index (χ0v) is 22.7. The molecule has 3 aromatic rings. The molecule has 9 nitrogen and oxygen atoms in total. The van der Waals surface area contributed by atoms with Gasteiger partial charge in [0.15, 0.2) is 0 Å². The van der Waals surface area contributed by atoms with Gasteiger partial charge in [-0.05, 0) is 85.4 Å². The number of aromatic amines is 1. The van der Waals surface area contributed by atoms with E-state index in [0.717, 1.165) is 18.5 Å². The monoisotopic (exact) mass is 523 g/mol. The molecule has 0 spiro atoms. The topological polar surface area (TPSA) is 118 Å². The molecule has 3 N–H and O–H groups in total. The van der Waals surface area contributed by atoms with Gasteiger partial charge in [-0.3, -0.25) is 0 Å². The summed E-state index contributed by atoms with van der Waals surface area (Å²) >= 11 is 0. The standard InChI is InChI=1S/C28H34FN5O4/c1-7-37-24(35)16-14-19(31-22(16)28(12-13-28)34-25(36)38-26(3,4)5)20-17(29)8-9-18-21(20)32-23(15(2)30-18)33-27(6)10-11-27/h8-9,14,31H,7,10-13H2,1-6H3,(H,32,33)(H,34,36). The number of hydrogen-bond donors (Lipinski definition) is 3. The summed E-state index contributed by atoms with van der Waals surface area (Å²) in [7, 11) is 0. The van der Waals surface area contributed by atoms with Crippen LogP contribution in [-0.4, -0.2) is 44.8 Å². The maximum atomic E-state index is 15.5. The van der Waals surface area contributed by atoms with Crippen molar-refractivity contribution in [2.75, 3.05) is 11.9 Å². The van der Waals surface area contributed by atoms with Crippen LogP contribution in [0, 0.1) is 12.7 Å². The first-order chi connectivity index (χ1) is 17.8. The third kappa shape index (κ3) is 5.04. The number of benzene rings is 1. The number of rotatable bonds is 7. The van der Waals surface area contributed by atoms with Crippen molar-refractivity contribution in [1.82, 2.24) is 20.3 Å². The summed E-state index contributed by atoms with van der Waals surface area (Å²) in [6.45, 7) is 11.2. The lowest BCUT2D eigenvalue weighted by Crippen LogP contribution is -2.40. The van der Waals surface area contributed by atoms with Crippen LogP contribution in [0.5, 0.6) is 0 Å². The molecule has 5 rings (SSSR count). The average molecular weight is 524 g/mol. The molecule has 2 aliphatic carbocycles. The van der Waals surface area contributed by atoms with Gasteiger partial charge < -0.3 is 25.1 Å². The third-order valence-corrected chi connectivity index (χ3v) is 6.93. The lowest BCUT2D eigenvalue weighted by molar-refractivity contribution is 0.0477. The summed E-state index contributed by atoms with van der Waals surface area (Å²) in [5.41, 5.74) is 1.30. The van der Waals surface area contributed by atoms with E-state index in [1.807, 2.05) is 6.92 Å². The molecule has 0 saturated heterocycles. The van der Waals surface area contributed by atoms with Crippen LogP contribution < -0.4 is 10.6 Å². The average Bonchev–Trinajstić information content (AvgIpc) is 3.70. The number of anilines is 1. The van der Waals surface area contributed by atoms with E-state index in [4.69, 9.17) is 14.5 Å². The Hall–Kier alpha value is -3.69. The number of hydrogen-bond acceptors (Lipinski definition) is 7. The zero-order chi connectivity index (χ0) is 27.5. The van der Waals surface area contributed by atoms with Crippen molar-refractivity contribution < 1.29 is 23.5 Å². The zero-order valence-electron chi connectivity index (χ0n) is 22.7. The van der Waals surface area contributed by atoms with Gasteiger partial charge in [-0.15, -0.1) is 0 Å². The van der Waals surface area contributed by atoms with E-state index in [9.17, 15) is 9.59 Å². The Morgan fingerprint density at radius 3 is 2.47 bits per heavy atom. The number of amides is 1. The molecule has 2 aliphatic rings. The van der Waals surface area contributed by atoms with Crippen LogP contribution >= 0.6 is 0 Å². The minimum atomic E-state index is -0.848. The Morgan fingerprint density at radius 1 is 1.16 bits per heavy atom. The lowest BCUT2D eigenvalue weighted by atomic mass is 10.1. The van der Waals surface area contributed by atoms with Crippen LogP contribution in [0.4, 0.5) is 15.0 Å². The summed E-state index contributed by atoms with van der Waals surface area (Å²) in [5.74, 6) is -0.465. The molecule has 38 heavy (non-hydrogen) atoms. The Morgan fingerprint density at radius 2 is 1.87 bits per heavy atom. The van der Waals surface area contributed by atoms with Crippen LogP contribution in [0.2, 0.25) is 0 Å². The van der Waals surface area contributed by atoms with Crippen LogP contribution in [0.15, 0.2) is 18.2 Å². The van der Waals surface area contributed by atoms with Gasteiger partial charge in [0, 0.05) is 5.54 Å². The molecule has 0 radical (unpaired) electrons. The molecule has 2 aromatic heterocycles. The van der Waals surface area contributed by atoms with Crippen LogP contribution in [0.3, 0.4) is 0 Å². The second-order valence-electron chi connectivity index (χ2n) is 11.5. The van der Waals surface area contributed by atoms with Crippen molar-refractivity contribution in [2.24, 2.45) is 0 Å². The van der Waals surface area contributed by atoms with Crippen LogP contribution in [-0.2, 0) is 15.0 Å². The van der Waals surface area contributed by atoms with Gasteiger partial charge in [0.25, 0.3) is 0 Å². The van der Waals surface area contributed by atoms with Crippen LogP contribution in [0.25, 0.3) is 22.3 Å². The van der Waals surface area contributed by atoms with Gasteiger partial charge in [-0.25, -0.2) is 23.9 Å². The van der Waals surface area contributed by atoms with Crippen molar-refractivity contribution in [1.29, 1.82) is 0 Å². The SMILES string of the molecule is CCOC(=O)c1cc(-c2c(F)ccc3nc(C)c(NC4(C)CC4)nc23)[nH]c1C1(NC(=O)OC(C)(C)C)CC1. The summed E-state index contributed by atoms with van der Waals surface area (Å²) in [6.07, 6.45) is 2.63. The first-order valence-electron chi connectivity index (χ1n) is 13.0. The molecule has 0 atom stereocenters. The Kier molecular flexibility index (Phi) is 6.11. The first-order valence-corrected chi connectivity index (χ1v) is 13.0. The van der Waals surface area contributed by atoms with Gasteiger partial charge >= 0.3 is 12.1 Å². The number of nitrogens with one attached hydrogen (secondary N) is 3. The number of fused-ring (bicyclic) bond motifs is 1. The predicted octanol–water partition coefficient (Wildman–Crippen LogP) is 5.73. The van der Waals surface area contributed by atoms with Crippen molar-refractivity contribution in [3.8, 4) is 11.3 Å². The van der Waals surface area contributed by atoms with E-state index in [2.05, 4.69) is 27.5 Å². The second-order valence-corrected chi connectivity index (χ2v) is 11.5. The van der Waals surface area contributed by atoms with E-state index >= 15 is 4.39 Å². The smallest absolute Gasteiger partial charge is 0.408 e. The van der Waals surface area contributed by atoms with Gasteiger partial charge in [-0.1, -0.05) is 0 Å². The molecule has 0 bridgehead atoms. The molecule has 10 heteroatoms. The van der Waals surface area contributed by atoms with Gasteiger partial charge in [-0.2, -0.15) is 0 Å². The number of nitrogens with zero attached hydrogens (tertiary/aromatic N) is 2. The fourth-order valence-electron chi connectivity index (χ4n) is 4.56. The highest BCUT2D eigenvalue weighted by atomic mass is 19.1. The van der Waals surface area contributed by atoms with Gasteiger partial charge in [0.2, 0.25) is 0 Å². The summed E-state index contributed by atoms with van der Waals surface area (Å²) in [5, 5.41) is 6.35. The Bertz CT molecular complexity index is 1430. The molecule has 1 aromatic carbocycles. The number of halogens is 1. The molecule has 1 amide bonds. The van der Waals surface area contributed by atoms with Crippen molar-refractivity contribution in [2.45, 2.75) is 83.9 Å². The van der Waals surface area contributed by atoms with E-state index < -0.39 is 29.0 Å². The minimum absolute atomic E-state index is 0.0387. The summed E-state index contributed by atoms with van der Waals surface area (Å²) in [4.78, 5) is 38.3. The number of carbonyl (C=O) groups is 2. The lowest BCUT2D eigenvalue weighted by Gasteiger charge is -2.23. The number of H-pyrrole nitrogens is 1. The summed E-state index contributed by atoms with van der Waals surface area (Å²) in [6, 6.07) is 4.51. The normalized spacial score (nSPS) is 17.1. The molecule has 2 heterocycles. The molecule has 0 aliphatic heterocycles. The van der Waals surface area contributed by atoms with E-state index in [1.165, 1.54) is 6.07 Å². The van der Waals surface area contributed by atoms with Gasteiger partial charge in [0.05, 0.1) is 45.9 Å². The highest BCUT2D eigenvalue weighted by Gasteiger charge is 2.50. The number of ether oxygens (including phenoxy) is 2. The number of aryl methyl sites for hydroxylation is 1. The first kappa shape index (κ1) is 25.9. The molecular weight excluding hydrogens is 489 g/mol. The molecule has 2 saturated carbocycles. The molecular formula is C28H34FN5O4. The highest BCUT2D eigenvalue weighted by molar-refractivity contribution is 5.97. The van der Waals surface area contributed by atoms with Crippen molar-refractivity contribution >= 4 is 28.9 Å². The summed E-state index contributed by atoms with van der Waals surface area (Å²) < 4.78 is 26.2. The number of aromatic nitrogens is 3. The van der Waals surface area contributed by atoms with E-state index in [1.54, 1.807) is 39.8 Å². The second kappa shape index (κ2) is 8.96. The number of carbonyl (C=O) groups excluding carboxylic acids is 2. The fourth-order valence-corrected chi connectivity index (χ4v) is 4.56. The Balaban J connectivity index is 1.61. The number of alkyl carbamates (subject to hydrolysis) is 1. The number of esters is 1. The minimum Gasteiger partial charge on any atom is -0.462 e. The van der Waals surface area contributed by atoms with Gasteiger partial charge in [0.1, 0.15) is 22.8 Å². The van der Waals surface area contributed by atoms with Crippen molar-refractivity contribution in [3.05, 3.63) is 41.0 Å². The largest absolute Gasteiger partial charge is 0.462 e. The van der Waals surface area contributed by atoms with E-state index in [-0.39, 0.29) is 23.3 Å². The molecule has 2 fully saturated rings. The fraction of sp³-hybridized carbons (Fsp3) is 0.500. The third-order valence-electron chi connectivity index (χ3n) is 6.93. The maximum Gasteiger partial charge on any atom is 0.408 e.